The quantitative estimate of drug-likeness (QED) is 0.667. The lowest BCUT2D eigenvalue weighted by Crippen LogP contribution is -2.51. The second kappa shape index (κ2) is 10.7. The standard InChI is InChI=1S/C25H33N3O4S/c1-32-23-10-6-5-9-21(23)19-27-13-11-22(12-14-27)26-25(29)24(20-7-3-2-4-8-20)28-15-17-33(30,31)18-16-28/h2-10,22,24H,11-19H2,1H3,(H,26,29). The number of ether oxygens (including phenoxy) is 1. The van der Waals surface area contributed by atoms with E-state index in [1.54, 1.807) is 7.11 Å². The molecule has 1 amide bonds. The molecule has 8 heteroatoms. The summed E-state index contributed by atoms with van der Waals surface area (Å²) in [5.41, 5.74) is 2.08. The lowest BCUT2D eigenvalue weighted by molar-refractivity contribution is -0.127. The molecule has 2 aromatic rings. The first-order valence-corrected chi connectivity index (χ1v) is 13.4. The molecule has 7 nitrogen and oxygen atoms in total. The summed E-state index contributed by atoms with van der Waals surface area (Å²) in [4.78, 5) is 17.8. The molecule has 0 radical (unpaired) electrons. The van der Waals surface area contributed by atoms with Crippen LogP contribution in [0.15, 0.2) is 54.6 Å². The van der Waals surface area contributed by atoms with Crippen molar-refractivity contribution in [3.8, 4) is 5.75 Å². The van der Waals surface area contributed by atoms with Gasteiger partial charge in [-0.3, -0.25) is 14.6 Å². The Bertz CT molecular complexity index is 1020. The summed E-state index contributed by atoms with van der Waals surface area (Å²) in [7, 11) is -1.31. The molecule has 2 aliphatic rings. The molecule has 0 aliphatic carbocycles. The fraction of sp³-hybridized carbons (Fsp3) is 0.480. The highest BCUT2D eigenvalue weighted by molar-refractivity contribution is 7.91. The van der Waals surface area contributed by atoms with Gasteiger partial charge in [0.25, 0.3) is 0 Å². The maximum Gasteiger partial charge on any atom is 0.242 e. The predicted octanol–water partition coefficient (Wildman–Crippen LogP) is 2.25. The number of carbonyl (C=O) groups is 1. The lowest BCUT2D eigenvalue weighted by Gasteiger charge is -2.36. The van der Waals surface area contributed by atoms with Gasteiger partial charge in [-0.15, -0.1) is 0 Å². The van der Waals surface area contributed by atoms with Gasteiger partial charge in [-0.1, -0.05) is 48.5 Å². The van der Waals surface area contributed by atoms with Crippen LogP contribution < -0.4 is 10.1 Å². The van der Waals surface area contributed by atoms with Crippen LogP contribution in [0.4, 0.5) is 0 Å². The van der Waals surface area contributed by atoms with Crippen molar-refractivity contribution in [2.75, 3.05) is 44.8 Å². The third-order valence-electron chi connectivity index (χ3n) is 6.63. The Kier molecular flexibility index (Phi) is 7.67. The number of rotatable bonds is 7. The zero-order valence-electron chi connectivity index (χ0n) is 19.2. The van der Waals surface area contributed by atoms with E-state index >= 15 is 0 Å². The van der Waals surface area contributed by atoms with E-state index in [1.807, 2.05) is 53.4 Å². The third-order valence-corrected chi connectivity index (χ3v) is 8.24. The van der Waals surface area contributed by atoms with Crippen molar-refractivity contribution in [1.29, 1.82) is 0 Å². The zero-order valence-corrected chi connectivity index (χ0v) is 20.0. The Balaban J connectivity index is 1.37. The van der Waals surface area contributed by atoms with Gasteiger partial charge in [0, 0.05) is 44.3 Å². The van der Waals surface area contributed by atoms with Crippen molar-refractivity contribution in [1.82, 2.24) is 15.1 Å². The highest BCUT2D eigenvalue weighted by Gasteiger charge is 2.33. The number of amides is 1. The number of methoxy groups -OCH3 is 1. The molecule has 1 unspecified atom stereocenters. The van der Waals surface area contributed by atoms with E-state index in [0.29, 0.717) is 13.1 Å². The van der Waals surface area contributed by atoms with Crippen LogP contribution in [0.5, 0.6) is 5.75 Å². The molecular weight excluding hydrogens is 438 g/mol. The van der Waals surface area contributed by atoms with Gasteiger partial charge in [-0.05, 0) is 24.5 Å². The second-order valence-corrected chi connectivity index (χ2v) is 11.2. The van der Waals surface area contributed by atoms with Gasteiger partial charge in [-0.2, -0.15) is 0 Å². The molecule has 2 fully saturated rings. The van der Waals surface area contributed by atoms with Crippen LogP contribution in [0, 0.1) is 0 Å². The monoisotopic (exact) mass is 471 g/mol. The number of piperidine rings is 1. The summed E-state index contributed by atoms with van der Waals surface area (Å²) in [6.45, 7) is 3.40. The topological polar surface area (TPSA) is 79.0 Å². The molecule has 0 bridgehead atoms. The number of hydrogen-bond acceptors (Lipinski definition) is 6. The summed E-state index contributed by atoms with van der Waals surface area (Å²) in [6.07, 6.45) is 1.77. The molecule has 178 valence electrons. The van der Waals surface area contributed by atoms with Gasteiger partial charge in [-0.25, -0.2) is 8.42 Å². The Hall–Kier alpha value is -2.42. The fourth-order valence-electron chi connectivity index (χ4n) is 4.74. The summed E-state index contributed by atoms with van der Waals surface area (Å²) < 4.78 is 29.3. The van der Waals surface area contributed by atoms with Crippen LogP contribution in [0.25, 0.3) is 0 Å². The van der Waals surface area contributed by atoms with Crippen LogP contribution in [0.2, 0.25) is 0 Å². The fourth-order valence-corrected chi connectivity index (χ4v) is 5.97. The molecule has 33 heavy (non-hydrogen) atoms. The number of para-hydroxylation sites is 1. The highest BCUT2D eigenvalue weighted by Crippen LogP contribution is 2.25. The van der Waals surface area contributed by atoms with Crippen molar-refractivity contribution in [2.45, 2.75) is 31.5 Å². The molecular formula is C25H33N3O4S. The van der Waals surface area contributed by atoms with E-state index in [-0.39, 0.29) is 23.5 Å². The van der Waals surface area contributed by atoms with Gasteiger partial charge < -0.3 is 10.1 Å². The van der Waals surface area contributed by atoms with Crippen molar-refractivity contribution in [3.63, 3.8) is 0 Å². The summed E-state index contributed by atoms with van der Waals surface area (Å²) in [5.74, 6) is 1.07. The Labute approximate surface area is 196 Å². The highest BCUT2D eigenvalue weighted by atomic mass is 32.2. The van der Waals surface area contributed by atoms with E-state index in [2.05, 4.69) is 16.3 Å². The van der Waals surface area contributed by atoms with Crippen LogP contribution in [0.1, 0.15) is 30.0 Å². The second-order valence-electron chi connectivity index (χ2n) is 8.87. The first-order chi connectivity index (χ1) is 15.9. The average Bonchev–Trinajstić information content (AvgIpc) is 2.82. The average molecular weight is 472 g/mol. The number of nitrogens with zero attached hydrogens (tertiary/aromatic N) is 2. The number of likely N-dealkylation sites (tertiary alicyclic amines) is 1. The van der Waals surface area contributed by atoms with Gasteiger partial charge >= 0.3 is 0 Å². The molecule has 2 aliphatic heterocycles. The molecule has 4 rings (SSSR count). The van der Waals surface area contributed by atoms with E-state index in [9.17, 15) is 13.2 Å². The molecule has 1 N–H and O–H groups in total. The van der Waals surface area contributed by atoms with E-state index in [1.165, 1.54) is 5.56 Å². The van der Waals surface area contributed by atoms with Crippen molar-refractivity contribution in [3.05, 3.63) is 65.7 Å². The number of hydrogen-bond donors (Lipinski definition) is 1. The van der Waals surface area contributed by atoms with Gasteiger partial charge in [0.2, 0.25) is 5.91 Å². The predicted molar refractivity (Wildman–Crippen MR) is 129 cm³/mol. The molecule has 0 spiro atoms. The van der Waals surface area contributed by atoms with Crippen LogP contribution in [0.3, 0.4) is 0 Å². The Morgan fingerprint density at radius 1 is 1.00 bits per heavy atom. The van der Waals surface area contributed by atoms with Gasteiger partial charge in [0.05, 0.1) is 18.6 Å². The minimum atomic E-state index is -3.01. The van der Waals surface area contributed by atoms with Gasteiger partial charge in [0.15, 0.2) is 9.84 Å². The molecule has 2 saturated heterocycles. The number of nitrogens with one attached hydrogen (secondary N) is 1. The van der Waals surface area contributed by atoms with Gasteiger partial charge in [0.1, 0.15) is 11.8 Å². The molecule has 1 atom stereocenters. The number of benzene rings is 2. The summed E-state index contributed by atoms with van der Waals surface area (Å²) in [6, 6.07) is 17.4. The first-order valence-electron chi connectivity index (χ1n) is 11.6. The van der Waals surface area contributed by atoms with Crippen LogP contribution >= 0.6 is 0 Å². The van der Waals surface area contributed by atoms with Crippen molar-refractivity contribution >= 4 is 15.7 Å². The van der Waals surface area contributed by atoms with E-state index in [4.69, 9.17) is 4.74 Å². The molecule has 0 saturated carbocycles. The zero-order chi connectivity index (χ0) is 23.3. The summed E-state index contributed by atoms with van der Waals surface area (Å²) in [5, 5.41) is 3.26. The first kappa shape index (κ1) is 23.7. The minimum Gasteiger partial charge on any atom is -0.496 e. The largest absolute Gasteiger partial charge is 0.496 e. The lowest BCUT2D eigenvalue weighted by atomic mass is 10.0. The number of sulfone groups is 1. The maximum atomic E-state index is 13.4. The Morgan fingerprint density at radius 2 is 1.64 bits per heavy atom. The molecule has 2 heterocycles. The maximum absolute atomic E-state index is 13.4. The minimum absolute atomic E-state index is 0.0383. The van der Waals surface area contributed by atoms with Crippen LogP contribution in [-0.4, -0.2) is 75.0 Å². The van der Waals surface area contributed by atoms with Crippen molar-refractivity contribution < 1.29 is 17.9 Å². The van der Waals surface area contributed by atoms with E-state index in [0.717, 1.165) is 43.8 Å². The third kappa shape index (κ3) is 6.13. The van der Waals surface area contributed by atoms with Crippen LogP contribution in [-0.2, 0) is 21.2 Å². The molecule has 2 aromatic carbocycles. The smallest absolute Gasteiger partial charge is 0.242 e. The Morgan fingerprint density at radius 3 is 2.30 bits per heavy atom. The van der Waals surface area contributed by atoms with E-state index < -0.39 is 15.9 Å². The summed E-state index contributed by atoms with van der Waals surface area (Å²) >= 11 is 0. The molecule has 0 aromatic heterocycles. The van der Waals surface area contributed by atoms with Crippen molar-refractivity contribution in [2.24, 2.45) is 0 Å². The number of carbonyl (C=O) groups excluding carboxylic acids is 1. The normalized spacial score (nSPS) is 20.8. The SMILES string of the molecule is COc1ccccc1CN1CCC(NC(=O)C(c2ccccc2)N2CCS(=O)(=O)CC2)CC1.